The van der Waals surface area contributed by atoms with E-state index in [1.165, 1.54) is 43.5 Å². The van der Waals surface area contributed by atoms with E-state index in [2.05, 4.69) is 10.1 Å². The van der Waals surface area contributed by atoms with Gasteiger partial charge in [-0.25, -0.2) is 12.8 Å². The largest absolute Gasteiger partial charge is 0.469 e. The fourth-order valence-corrected chi connectivity index (χ4v) is 3.79. The van der Waals surface area contributed by atoms with Gasteiger partial charge in [0.25, 0.3) is 0 Å². The van der Waals surface area contributed by atoms with Crippen LogP contribution in [0.25, 0.3) is 0 Å². The SMILES string of the molecule is COC(=O)CC(NC(=O)CCS(=O)(=O)c1ccc(C)cc1)c1ccc(F)cc1. The minimum absolute atomic E-state index is 0.149. The lowest BCUT2D eigenvalue weighted by molar-refractivity contribution is -0.141. The number of benzene rings is 2. The highest BCUT2D eigenvalue weighted by atomic mass is 32.2. The maximum Gasteiger partial charge on any atom is 0.307 e. The summed E-state index contributed by atoms with van der Waals surface area (Å²) < 4.78 is 42.5. The Balaban J connectivity index is 2.05. The maximum absolute atomic E-state index is 13.1. The first-order chi connectivity index (χ1) is 13.2. The first kappa shape index (κ1) is 21.6. The molecule has 0 aromatic heterocycles. The van der Waals surface area contributed by atoms with Crippen LogP contribution in [0.15, 0.2) is 53.4 Å². The van der Waals surface area contributed by atoms with Crippen molar-refractivity contribution in [2.24, 2.45) is 0 Å². The average molecular weight is 407 g/mol. The molecule has 2 aromatic rings. The molecule has 0 aliphatic carbocycles. The molecule has 0 saturated carbocycles. The standard InChI is InChI=1S/C20H22FNO5S/c1-14-3-9-17(10-4-14)28(25,26)12-11-19(23)22-18(13-20(24)27-2)15-5-7-16(21)8-6-15/h3-10,18H,11-13H2,1-2H3,(H,22,23). The Morgan fingerprint density at radius 1 is 1.07 bits per heavy atom. The predicted molar refractivity (Wildman–Crippen MR) is 102 cm³/mol. The molecule has 2 aromatic carbocycles. The number of carbonyl (C=O) groups is 2. The quantitative estimate of drug-likeness (QED) is 0.680. The highest BCUT2D eigenvalue weighted by Crippen LogP contribution is 2.19. The summed E-state index contributed by atoms with van der Waals surface area (Å²) in [5, 5.41) is 2.62. The number of rotatable bonds is 8. The maximum atomic E-state index is 13.1. The van der Waals surface area contributed by atoms with E-state index in [0.717, 1.165) is 5.56 Å². The first-order valence-corrected chi connectivity index (χ1v) is 10.3. The van der Waals surface area contributed by atoms with Crippen molar-refractivity contribution in [1.82, 2.24) is 5.32 Å². The summed E-state index contributed by atoms with van der Waals surface area (Å²) >= 11 is 0. The summed E-state index contributed by atoms with van der Waals surface area (Å²) in [6, 6.07) is 11.0. The second kappa shape index (κ2) is 9.45. The monoisotopic (exact) mass is 407 g/mol. The fourth-order valence-electron chi connectivity index (χ4n) is 2.55. The Morgan fingerprint density at radius 2 is 1.68 bits per heavy atom. The molecule has 0 fully saturated rings. The summed E-state index contributed by atoms with van der Waals surface area (Å²) in [5.41, 5.74) is 1.45. The van der Waals surface area contributed by atoms with Gasteiger partial charge in [0.15, 0.2) is 9.84 Å². The van der Waals surface area contributed by atoms with Crippen molar-refractivity contribution in [3.05, 3.63) is 65.5 Å². The zero-order chi connectivity index (χ0) is 20.7. The topological polar surface area (TPSA) is 89.5 Å². The van der Waals surface area contributed by atoms with Gasteiger partial charge in [-0.3, -0.25) is 9.59 Å². The van der Waals surface area contributed by atoms with Crippen LogP contribution in [-0.2, 0) is 24.2 Å². The molecule has 0 aliphatic heterocycles. The van der Waals surface area contributed by atoms with Crippen LogP contribution in [0, 0.1) is 12.7 Å². The third kappa shape index (κ3) is 6.16. The molecule has 1 atom stereocenters. The highest BCUT2D eigenvalue weighted by Gasteiger charge is 2.21. The zero-order valence-electron chi connectivity index (χ0n) is 15.6. The number of hydrogen-bond donors (Lipinski definition) is 1. The summed E-state index contributed by atoms with van der Waals surface area (Å²) in [6.07, 6.45) is -0.423. The van der Waals surface area contributed by atoms with Crippen LogP contribution in [0.3, 0.4) is 0 Å². The predicted octanol–water partition coefficient (Wildman–Crippen LogP) is 2.72. The van der Waals surface area contributed by atoms with Gasteiger partial charge in [0.2, 0.25) is 5.91 Å². The van der Waals surface area contributed by atoms with Crippen molar-refractivity contribution in [3.8, 4) is 0 Å². The average Bonchev–Trinajstić information content (AvgIpc) is 2.67. The van der Waals surface area contributed by atoms with Crippen molar-refractivity contribution in [1.29, 1.82) is 0 Å². The number of nitrogens with one attached hydrogen (secondary N) is 1. The molecule has 2 rings (SSSR count). The van der Waals surface area contributed by atoms with Crippen LogP contribution in [0.5, 0.6) is 0 Å². The van der Waals surface area contributed by atoms with Crippen LogP contribution in [-0.4, -0.2) is 33.2 Å². The second-order valence-corrected chi connectivity index (χ2v) is 8.44. The minimum Gasteiger partial charge on any atom is -0.469 e. The molecule has 1 N–H and O–H groups in total. The number of ether oxygens (including phenoxy) is 1. The van der Waals surface area contributed by atoms with Crippen LogP contribution in [0.2, 0.25) is 0 Å². The summed E-state index contributed by atoms with van der Waals surface area (Å²) in [4.78, 5) is 24.1. The van der Waals surface area contributed by atoms with Crippen LogP contribution in [0.4, 0.5) is 4.39 Å². The molecule has 6 nitrogen and oxygen atoms in total. The van der Waals surface area contributed by atoms with Gasteiger partial charge in [-0.05, 0) is 36.8 Å². The molecular formula is C20H22FNO5S. The third-order valence-electron chi connectivity index (χ3n) is 4.18. The van der Waals surface area contributed by atoms with Crippen molar-refractivity contribution >= 4 is 21.7 Å². The third-order valence-corrected chi connectivity index (χ3v) is 5.92. The van der Waals surface area contributed by atoms with Crippen molar-refractivity contribution in [2.75, 3.05) is 12.9 Å². The van der Waals surface area contributed by atoms with Crippen LogP contribution in [0.1, 0.15) is 30.0 Å². The molecule has 0 bridgehead atoms. The van der Waals surface area contributed by atoms with Gasteiger partial charge in [0.05, 0.1) is 30.2 Å². The van der Waals surface area contributed by atoms with E-state index < -0.39 is 33.6 Å². The van der Waals surface area contributed by atoms with E-state index in [1.54, 1.807) is 12.1 Å². The molecule has 1 unspecified atom stereocenters. The van der Waals surface area contributed by atoms with Gasteiger partial charge < -0.3 is 10.1 Å². The van der Waals surface area contributed by atoms with E-state index in [9.17, 15) is 22.4 Å². The summed E-state index contributed by atoms with van der Waals surface area (Å²) in [7, 11) is -2.39. The Bertz CT molecular complexity index is 924. The van der Waals surface area contributed by atoms with E-state index in [-0.39, 0.29) is 23.5 Å². The number of hydrogen-bond acceptors (Lipinski definition) is 5. The molecule has 28 heavy (non-hydrogen) atoms. The Labute approximate surface area is 163 Å². The van der Waals surface area contributed by atoms with Crippen molar-refractivity contribution in [3.63, 3.8) is 0 Å². The molecule has 0 heterocycles. The van der Waals surface area contributed by atoms with E-state index in [1.807, 2.05) is 6.92 Å². The van der Waals surface area contributed by atoms with Gasteiger partial charge in [-0.1, -0.05) is 29.8 Å². The second-order valence-electron chi connectivity index (χ2n) is 6.33. The molecular weight excluding hydrogens is 385 g/mol. The fraction of sp³-hybridized carbons (Fsp3) is 0.300. The molecule has 150 valence electrons. The molecule has 8 heteroatoms. The lowest BCUT2D eigenvalue weighted by atomic mass is 10.0. The van der Waals surface area contributed by atoms with Gasteiger partial charge in [0, 0.05) is 6.42 Å². The Hall–Kier alpha value is -2.74. The highest BCUT2D eigenvalue weighted by molar-refractivity contribution is 7.91. The lowest BCUT2D eigenvalue weighted by Gasteiger charge is -2.18. The van der Waals surface area contributed by atoms with Crippen molar-refractivity contribution < 1.29 is 27.1 Å². The Kier molecular flexibility index (Phi) is 7.28. The van der Waals surface area contributed by atoms with Gasteiger partial charge in [-0.2, -0.15) is 0 Å². The van der Waals surface area contributed by atoms with Crippen molar-refractivity contribution in [2.45, 2.75) is 30.7 Å². The normalized spacial score (nSPS) is 12.2. The number of methoxy groups -OCH3 is 1. The number of halogens is 1. The van der Waals surface area contributed by atoms with E-state index in [0.29, 0.717) is 5.56 Å². The van der Waals surface area contributed by atoms with E-state index in [4.69, 9.17) is 0 Å². The number of aryl methyl sites for hydroxylation is 1. The smallest absolute Gasteiger partial charge is 0.307 e. The summed E-state index contributed by atoms with van der Waals surface area (Å²) in [5.74, 6) is -1.90. The van der Waals surface area contributed by atoms with Gasteiger partial charge in [-0.15, -0.1) is 0 Å². The number of sulfone groups is 1. The zero-order valence-corrected chi connectivity index (χ0v) is 16.5. The minimum atomic E-state index is -3.61. The molecule has 0 radical (unpaired) electrons. The van der Waals surface area contributed by atoms with E-state index >= 15 is 0 Å². The number of carbonyl (C=O) groups excluding carboxylic acids is 2. The summed E-state index contributed by atoms with van der Waals surface area (Å²) in [6.45, 7) is 1.85. The molecule has 0 aliphatic rings. The molecule has 1 amide bonds. The molecule has 0 spiro atoms. The number of esters is 1. The Morgan fingerprint density at radius 3 is 2.25 bits per heavy atom. The first-order valence-electron chi connectivity index (χ1n) is 8.62. The van der Waals surface area contributed by atoms with Crippen LogP contribution < -0.4 is 5.32 Å². The lowest BCUT2D eigenvalue weighted by Crippen LogP contribution is -2.31. The van der Waals surface area contributed by atoms with Gasteiger partial charge >= 0.3 is 5.97 Å². The molecule has 0 saturated heterocycles. The number of amides is 1. The van der Waals surface area contributed by atoms with Gasteiger partial charge in [0.1, 0.15) is 5.82 Å². The van der Waals surface area contributed by atoms with Crippen LogP contribution >= 0.6 is 0 Å².